The van der Waals surface area contributed by atoms with Crippen LogP contribution in [0.4, 0.5) is 8.78 Å². The molecule has 2 N–H and O–H groups in total. The molecule has 1 heterocycles. The fraction of sp³-hybridized carbons (Fsp3) is 0. The molecular weight excluding hydrogens is 319 g/mol. The van der Waals surface area contributed by atoms with Crippen LogP contribution in [0.5, 0.6) is 0 Å². The van der Waals surface area contributed by atoms with Crippen molar-refractivity contribution in [1.29, 1.82) is 0 Å². The maximum Gasteiger partial charge on any atom is 0.169 e. The average Bonchev–Trinajstić information content (AvgIpc) is 1.93. The smallest absolute Gasteiger partial charge is 0.169 e. The molecule has 1 nitrogen and oxygen atoms in total. The maximum absolute atomic E-state index is 12.6. The van der Waals surface area contributed by atoms with Crippen LogP contribution in [-0.2, 0) is 0 Å². The Morgan fingerprint density at radius 2 is 2.10 bits per heavy atom. The Hall–Kier alpha value is 0.220. The topological polar surface area (TPSA) is 26.0 Å². The summed E-state index contributed by atoms with van der Waals surface area (Å²) in [5.74, 6) is -1.19. The Kier molecular flexibility index (Phi) is 2.56. The van der Waals surface area contributed by atoms with Crippen molar-refractivity contribution in [3.63, 3.8) is 0 Å². The summed E-state index contributed by atoms with van der Waals surface area (Å²) in [4.78, 5) is 0. The second-order valence-corrected chi connectivity index (χ2v) is 4.74. The van der Waals surface area contributed by atoms with Crippen LogP contribution in [0.15, 0.2) is 19.8 Å². The van der Waals surface area contributed by atoms with Gasteiger partial charge in [0.25, 0.3) is 0 Å². The van der Waals surface area contributed by atoms with E-state index in [4.69, 9.17) is 5.73 Å². The minimum Gasteiger partial charge on any atom is -0.392 e. The van der Waals surface area contributed by atoms with E-state index in [1.807, 2.05) is 0 Å². The van der Waals surface area contributed by atoms with Crippen molar-refractivity contribution in [3.05, 3.63) is 19.8 Å². The van der Waals surface area contributed by atoms with Gasteiger partial charge in [-0.2, -0.15) is 0 Å². The zero-order valence-electron chi connectivity index (χ0n) is 4.67. The van der Waals surface area contributed by atoms with Gasteiger partial charge >= 0.3 is 0 Å². The molecule has 10 heavy (non-hydrogen) atoms. The van der Waals surface area contributed by atoms with Crippen molar-refractivity contribution in [2.45, 2.75) is 0 Å². The standard InChI is InChI=1S/C5H3BrF2IN/c6-3-2(7)1-9-5(10)4(3)8/h1H,10H2. The van der Waals surface area contributed by atoms with Gasteiger partial charge in [0.15, 0.2) is 5.83 Å². The summed E-state index contributed by atoms with van der Waals surface area (Å²) in [6, 6.07) is 0. The van der Waals surface area contributed by atoms with Crippen LogP contribution in [0.3, 0.4) is 0 Å². The molecule has 0 aliphatic carbocycles. The normalized spacial score (nSPS) is 19.5. The summed E-state index contributed by atoms with van der Waals surface area (Å²) in [5, 5.41) is 0. The van der Waals surface area contributed by atoms with Crippen LogP contribution < -0.4 is 5.73 Å². The predicted octanol–water partition coefficient (Wildman–Crippen LogP) is 2.45. The van der Waals surface area contributed by atoms with E-state index < -0.39 is 32.4 Å². The van der Waals surface area contributed by atoms with Gasteiger partial charge in [0.2, 0.25) is 0 Å². The fourth-order valence-electron chi connectivity index (χ4n) is 0.412. The molecule has 0 aromatic carbocycles. The Morgan fingerprint density at radius 3 is 2.60 bits per heavy atom. The Bertz CT molecular complexity index is 230. The van der Waals surface area contributed by atoms with E-state index >= 15 is 0 Å². The molecule has 0 aromatic heterocycles. The van der Waals surface area contributed by atoms with E-state index in [0.29, 0.717) is 0 Å². The Balaban J connectivity index is 3.18. The molecule has 0 unspecified atom stereocenters. The number of hydrogen-bond donors (Lipinski definition) is 1. The first kappa shape index (κ1) is 8.32. The van der Waals surface area contributed by atoms with Gasteiger partial charge in [0.05, 0.1) is 4.48 Å². The summed E-state index contributed by atoms with van der Waals surface area (Å²) >= 11 is 1.98. The molecule has 0 saturated heterocycles. The number of halogens is 4. The van der Waals surface area contributed by atoms with Crippen molar-refractivity contribution in [2.75, 3.05) is 0 Å². The van der Waals surface area contributed by atoms with Crippen molar-refractivity contribution in [1.82, 2.24) is 0 Å². The summed E-state index contributed by atoms with van der Waals surface area (Å²) in [6.45, 7) is 0. The quantitative estimate of drug-likeness (QED) is 0.538. The second kappa shape index (κ2) is 3.08. The molecule has 1 aliphatic rings. The molecule has 0 saturated carbocycles. The van der Waals surface area contributed by atoms with Gasteiger partial charge in [-0.15, -0.1) is 0 Å². The van der Waals surface area contributed by atoms with Gasteiger partial charge in [-0.25, -0.2) is 8.78 Å². The van der Waals surface area contributed by atoms with Crippen LogP contribution in [0.2, 0.25) is 0 Å². The van der Waals surface area contributed by atoms with E-state index in [1.165, 1.54) is 4.01 Å². The molecule has 0 radical (unpaired) electrons. The highest BCUT2D eigenvalue weighted by molar-refractivity contribution is 14.2. The third-order valence-electron chi connectivity index (χ3n) is 0.880. The lowest BCUT2D eigenvalue weighted by Crippen LogP contribution is -1.97. The van der Waals surface area contributed by atoms with Gasteiger partial charge in [0.1, 0.15) is 9.53 Å². The lowest BCUT2D eigenvalue weighted by molar-refractivity contribution is 0.634. The monoisotopic (exact) mass is 321 g/mol. The lowest BCUT2D eigenvalue weighted by atomic mass is 10.4. The van der Waals surface area contributed by atoms with Crippen molar-refractivity contribution >= 4 is 40.7 Å². The summed E-state index contributed by atoms with van der Waals surface area (Å²) in [5.41, 5.74) is 5.22. The van der Waals surface area contributed by atoms with Crippen LogP contribution in [0, 0.1) is 0 Å². The van der Waals surface area contributed by atoms with Gasteiger partial charge in [-0.05, 0) is 15.9 Å². The van der Waals surface area contributed by atoms with Gasteiger partial charge < -0.3 is 5.73 Å². The second-order valence-electron chi connectivity index (χ2n) is 1.54. The minimum atomic E-state index is -0.761. The van der Waals surface area contributed by atoms with Crippen LogP contribution in [0.25, 0.3) is 0 Å². The van der Waals surface area contributed by atoms with Crippen molar-refractivity contribution in [3.8, 4) is 0 Å². The molecule has 1 rings (SSSR count). The first-order valence-electron chi connectivity index (χ1n) is 2.30. The van der Waals surface area contributed by atoms with Crippen LogP contribution in [-0.4, -0.2) is 4.01 Å². The predicted molar refractivity (Wildman–Crippen MR) is 49.5 cm³/mol. The largest absolute Gasteiger partial charge is 0.392 e. The number of rotatable bonds is 0. The van der Waals surface area contributed by atoms with E-state index in [1.54, 1.807) is 0 Å². The molecule has 0 amide bonds. The minimum absolute atomic E-state index is 0.157. The van der Waals surface area contributed by atoms with E-state index in [0.717, 1.165) is 0 Å². The van der Waals surface area contributed by atoms with Gasteiger partial charge in [0, 0.05) is 4.01 Å². The van der Waals surface area contributed by atoms with Crippen LogP contribution in [0.1, 0.15) is 0 Å². The SMILES string of the molecule is NC1=C(F)C(Br)=C(F)C=I1. The molecule has 0 aromatic rings. The molecular formula is C5H3BrF2IN. The number of allylic oxidation sites excluding steroid dienone is 3. The lowest BCUT2D eigenvalue weighted by Gasteiger charge is -2.03. The summed E-state index contributed by atoms with van der Waals surface area (Å²) in [7, 11) is 0. The number of nitrogens with two attached hydrogens (primary N) is 1. The van der Waals surface area contributed by atoms with Gasteiger partial charge in [-0.1, -0.05) is 20.7 Å². The highest BCUT2D eigenvalue weighted by atomic mass is 127. The number of hydrogen-bond acceptors (Lipinski definition) is 1. The zero-order chi connectivity index (χ0) is 7.72. The first-order chi connectivity index (χ1) is 4.63. The van der Waals surface area contributed by atoms with Crippen LogP contribution >= 0.6 is 36.7 Å². The van der Waals surface area contributed by atoms with Crippen molar-refractivity contribution < 1.29 is 8.78 Å². The highest BCUT2D eigenvalue weighted by Crippen LogP contribution is 2.32. The fourth-order valence-corrected chi connectivity index (χ4v) is 3.00. The highest BCUT2D eigenvalue weighted by Gasteiger charge is 2.14. The zero-order valence-corrected chi connectivity index (χ0v) is 8.41. The molecule has 0 bridgehead atoms. The first-order valence-corrected chi connectivity index (χ1v) is 5.42. The molecule has 0 fully saturated rings. The van der Waals surface area contributed by atoms with E-state index in [2.05, 4.69) is 15.9 Å². The Morgan fingerprint density at radius 1 is 1.50 bits per heavy atom. The summed E-state index contributed by atoms with van der Waals surface area (Å²) in [6.07, 6.45) is 0. The molecule has 0 atom stereocenters. The average molecular weight is 322 g/mol. The maximum atomic E-state index is 12.6. The van der Waals surface area contributed by atoms with Crippen molar-refractivity contribution in [2.24, 2.45) is 5.73 Å². The molecule has 1 aliphatic heterocycles. The third-order valence-corrected chi connectivity index (χ3v) is 3.61. The van der Waals surface area contributed by atoms with E-state index in [-0.39, 0.29) is 8.19 Å². The third kappa shape index (κ3) is 1.45. The van der Waals surface area contributed by atoms with Gasteiger partial charge in [-0.3, -0.25) is 0 Å². The summed E-state index contributed by atoms with van der Waals surface area (Å²) < 4.78 is 26.5. The molecule has 5 heteroatoms. The Labute approximate surface area is 74.8 Å². The molecule has 56 valence electrons. The van der Waals surface area contributed by atoms with E-state index in [9.17, 15) is 8.78 Å². The molecule has 0 spiro atoms.